The van der Waals surface area contributed by atoms with Crippen molar-refractivity contribution in [3.05, 3.63) is 83.4 Å². The van der Waals surface area contributed by atoms with Gasteiger partial charge in [-0.25, -0.2) is 4.98 Å². The molecular formula is C19H16N2OS. The Balaban J connectivity index is 1.88. The van der Waals surface area contributed by atoms with E-state index in [1.165, 1.54) is 16.9 Å². The molecular weight excluding hydrogens is 304 g/mol. The average molecular weight is 320 g/mol. The summed E-state index contributed by atoms with van der Waals surface area (Å²) in [5.74, 6) is -0.119. The first-order valence-corrected chi connectivity index (χ1v) is 8.15. The van der Waals surface area contributed by atoms with Gasteiger partial charge in [0.15, 0.2) is 5.13 Å². The fraction of sp³-hybridized carbons (Fsp3) is 0.0526. The molecule has 0 bridgehead atoms. The summed E-state index contributed by atoms with van der Waals surface area (Å²) in [5.41, 5.74) is 3.00. The Morgan fingerprint density at radius 3 is 2.48 bits per heavy atom. The lowest BCUT2D eigenvalue weighted by Crippen LogP contribution is -2.23. The number of thiazole rings is 1. The zero-order valence-corrected chi connectivity index (χ0v) is 13.5. The standard InChI is InChI=1S/C19H16N2OS/c1-15-7-9-16(10-8-15)11-12-18(22)21(19-20-13-14-23-19)17-5-3-2-4-6-17/h2-14H,1H3/b12-11+. The van der Waals surface area contributed by atoms with E-state index in [9.17, 15) is 4.79 Å². The first kappa shape index (κ1) is 15.2. The molecule has 0 saturated carbocycles. The molecule has 0 aliphatic carbocycles. The molecule has 4 heteroatoms. The van der Waals surface area contributed by atoms with Crippen molar-refractivity contribution in [3.63, 3.8) is 0 Å². The fourth-order valence-electron chi connectivity index (χ4n) is 2.15. The van der Waals surface area contributed by atoms with Crippen LogP contribution in [0.2, 0.25) is 0 Å². The first-order valence-electron chi connectivity index (χ1n) is 7.27. The van der Waals surface area contributed by atoms with E-state index in [-0.39, 0.29) is 5.91 Å². The molecule has 3 rings (SSSR count). The van der Waals surface area contributed by atoms with E-state index in [2.05, 4.69) is 4.98 Å². The maximum atomic E-state index is 12.7. The second-order valence-electron chi connectivity index (χ2n) is 5.07. The zero-order chi connectivity index (χ0) is 16.1. The number of hydrogen-bond donors (Lipinski definition) is 0. The maximum Gasteiger partial charge on any atom is 0.257 e. The molecule has 3 aromatic rings. The Kier molecular flexibility index (Phi) is 4.64. The van der Waals surface area contributed by atoms with E-state index < -0.39 is 0 Å². The quantitative estimate of drug-likeness (QED) is 0.645. The summed E-state index contributed by atoms with van der Waals surface area (Å²) in [5, 5.41) is 2.53. The van der Waals surface area contributed by atoms with Gasteiger partial charge in [0.1, 0.15) is 0 Å². The van der Waals surface area contributed by atoms with Crippen LogP contribution in [0.1, 0.15) is 11.1 Å². The Morgan fingerprint density at radius 2 is 1.83 bits per heavy atom. The number of rotatable bonds is 4. The number of benzene rings is 2. The molecule has 1 aromatic heterocycles. The van der Waals surface area contributed by atoms with Crippen molar-refractivity contribution in [1.82, 2.24) is 4.98 Å². The minimum absolute atomic E-state index is 0.119. The molecule has 0 fully saturated rings. The van der Waals surface area contributed by atoms with Gasteiger partial charge in [-0.3, -0.25) is 9.69 Å². The van der Waals surface area contributed by atoms with Gasteiger partial charge in [0.25, 0.3) is 5.91 Å². The zero-order valence-electron chi connectivity index (χ0n) is 12.7. The Bertz CT molecular complexity index is 793. The third-order valence-corrected chi connectivity index (χ3v) is 4.10. The number of amides is 1. The number of anilines is 2. The molecule has 23 heavy (non-hydrogen) atoms. The van der Waals surface area contributed by atoms with Crippen LogP contribution in [0.15, 0.2) is 72.3 Å². The van der Waals surface area contributed by atoms with Crippen LogP contribution in [0.3, 0.4) is 0 Å². The van der Waals surface area contributed by atoms with Crippen LogP contribution >= 0.6 is 11.3 Å². The Labute approximate surface area is 139 Å². The highest BCUT2D eigenvalue weighted by Crippen LogP contribution is 2.27. The Hall–Kier alpha value is -2.72. The van der Waals surface area contributed by atoms with Crippen molar-refractivity contribution in [2.24, 2.45) is 0 Å². The molecule has 0 spiro atoms. The van der Waals surface area contributed by atoms with Crippen LogP contribution in [0.4, 0.5) is 10.8 Å². The fourth-order valence-corrected chi connectivity index (χ4v) is 2.82. The monoisotopic (exact) mass is 320 g/mol. The molecule has 0 aliphatic heterocycles. The van der Waals surface area contributed by atoms with Gasteiger partial charge in [0, 0.05) is 17.7 Å². The number of hydrogen-bond acceptors (Lipinski definition) is 3. The summed E-state index contributed by atoms with van der Waals surface area (Å²) in [4.78, 5) is 18.6. The van der Waals surface area contributed by atoms with Gasteiger partial charge in [0.05, 0.1) is 5.69 Å². The molecule has 114 valence electrons. The van der Waals surface area contributed by atoms with E-state index in [1.807, 2.05) is 73.0 Å². The molecule has 1 heterocycles. The van der Waals surface area contributed by atoms with E-state index >= 15 is 0 Å². The van der Waals surface area contributed by atoms with Gasteiger partial charge in [-0.05, 0) is 30.7 Å². The molecule has 0 unspecified atom stereocenters. The second-order valence-corrected chi connectivity index (χ2v) is 5.94. The summed E-state index contributed by atoms with van der Waals surface area (Å²) in [7, 11) is 0. The number of nitrogens with zero attached hydrogens (tertiary/aromatic N) is 2. The van der Waals surface area contributed by atoms with E-state index in [0.717, 1.165) is 11.3 Å². The van der Waals surface area contributed by atoms with Crippen molar-refractivity contribution < 1.29 is 4.79 Å². The first-order chi connectivity index (χ1) is 11.2. The minimum Gasteiger partial charge on any atom is -0.269 e. The summed E-state index contributed by atoms with van der Waals surface area (Å²) in [6, 6.07) is 17.6. The highest BCUT2D eigenvalue weighted by atomic mass is 32.1. The smallest absolute Gasteiger partial charge is 0.257 e. The van der Waals surface area contributed by atoms with Crippen LogP contribution in [0.25, 0.3) is 6.08 Å². The van der Waals surface area contributed by atoms with Gasteiger partial charge in [-0.15, -0.1) is 11.3 Å². The topological polar surface area (TPSA) is 33.2 Å². The normalized spacial score (nSPS) is 10.8. The lowest BCUT2D eigenvalue weighted by atomic mass is 10.1. The maximum absolute atomic E-state index is 12.7. The van der Waals surface area contributed by atoms with Crippen molar-refractivity contribution >= 4 is 34.1 Å². The van der Waals surface area contributed by atoms with Crippen LogP contribution in [-0.4, -0.2) is 10.9 Å². The molecule has 3 nitrogen and oxygen atoms in total. The molecule has 1 amide bonds. The number of para-hydroxylation sites is 1. The molecule has 0 aliphatic rings. The number of carbonyl (C=O) groups is 1. The summed E-state index contributed by atoms with van der Waals surface area (Å²) in [6.07, 6.45) is 5.11. The van der Waals surface area contributed by atoms with Crippen molar-refractivity contribution in [1.29, 1.82) is 0 Å². The summed E-state index contributed by atoms with van der Waals surface area (Å²) < 4.78 is 0. The predicted molar refractivity (Wildman–Crippen MR) is 95.9 cm³/mol. The second kappa shape index (κ2) is 7.03. The SMILES string of the molecule is Cc1ccc(/C=C/C(=O)N(c2ccccc2)c2nccs2)cc1. The number of carbonyl (C=O) groups excluding carboxylic acids is 1. The molecule has 0 saturated heterocycles. The van der Waals surface area contributed by atoms with Gasteiger partial charge in [0.2, 0.25) is 0 Å². The predicted octanol–water partition coefficient (Wildman–Crippen LogP) is 4.83. The highest BCUT2D eigenvalue weighted by molar-refractivity contribution is 7.13. The Morgan fingerprint density at radius 1 is 1.09 bits per heavy atom. The van der Waals surface area contributed by atoms with E-state index in [0.29, 0.717) is 5.13 Å². The largest absolute Gasteiger partial charge is 0.269 e. The van der Waals surface area contributed by atoms with E-state index in [4.69, 9.17) is 0 Å². The molecule has 2 aromatic carbocycles. The van der Waals surface area contributed by atoms with Gasteiger partial charge in [-0.2, -0.15) is 0 Å². The third kappa shape index (κ3) is 3.73. The molecule has 0 N–H and O–H groups in total. The number of aryl methyl sites for hydroxylation is 1. The summed E-state index contributed by atoms with van der Waals surface area (Å²) >= 11 is 1.44. The van der Waals surface area contributed by atoms with Crippen LogP contribution in [0, 0.1) is 6.92 Å². The van der Waals surface area contributed by atoms with Crippen molar-refractivity contribution in [2.75, 3.05) is 4.90 Å². The van der Waals surface area contributed by atoms with Crippen molar-refractivity contribution in [2.45, 2.75) is 6.92 Å². The van der Waals surface area contributed by atoms with Gasteiger partial charge < -0.3 is 0 Å². The molecule has 0 atom stereocenters. The lowest BCUT2D eigenvalue weighted by molar-refractivity contribution is -0.113. The lowest BCUT2D eigenvalue weighted by Gasteiger charge is -2.18. The number of aromatic nitrogens is 1. The highest BCUT2D eigenvalue weighted by Gasteiger charge is 2.17. The van der Waals surface area contributed by atoms with Crippen LogP contribution < -0.4 is 4.90 Å². The minimum atomic E-state index is -0.119. The van der Waals surface area contributed by atoms with Gasteiger partial charge >= 0.3 is 0 Å². The van der Waals surface area contributed by atoms with Crippen molar-refractivity contribution in [3.8, 4) is 0 Å². The summed E-state index contributed by atoms with van der Waals surface area (Å²) in [6.45, 7) is 2.04. The van der Waals surface area contributed by atoms with E-state index in [1.54, 1.807) is 17.2 Å². The average Bonchev–Trinajstić information content (AvgIpc) is 3.10. The third-order valence-electron chi connectivity index (χ3n) is 3.34. The van der Waals surface area contributed by atoms with Gasteiger partial charge in [-0.1, -0.05) is 48.0 Å². The molecule has 0 radical (unpaired) electrons. The van der Waals surface area contributed by atoms with Crippen LogP contribution in [0.5, 0.6) is 0 Å². The van der Waals surface area contributed by atoms with Crippen LogP contribution in [-0.2, 0) is 4.79 Å².